The number of hydrogen-bond acceptors (Lipinski definition) is 5. The van der Waals surface area contributed by atoms with Crippen molar-refractivity contribution in [3.8, 4) is 0 Å². The topological polar surface area (TPSA) is 92.8 Å². The van der Waals surface area contributed by atoms with Crippen molar-refractivity contribution < 1.29 is 19.7 Å². The molecule has 5 nitrogen and oxygen atoms in total. The molecule has 10 heavy (non-hydrogen) atoms. The summed E-state index contributed by atoms with van der Waals surface area (Å²) in [4.78, 5) is 10.4. The van der Waals surface area contributed by atoms with Gasteiger partial charge in [-0.2, -0.15) is 0 Å². The molecule has 0 saturated carbocycles. The van der Waals surface area contributed by atoms with Gasteiger partial charge in [-0.3, -0.25) is 0 Å². The van der Waals surface area contributed by atoms with E-state index in [0.717, 1.165) is 7.11 Å². The van der Waals surface area contributed by atoms with Crippen LogP contribution in [0.5, 0.6) is 0 Å². The SMILES string of the molecule is COC(=O)[C@@H](O)[C@H](N)CO. The Hall–Kier alpha value is -0.650. The van der Waals surface area contributed by atoms with Crippen LogP contribution in [0, 0.1) is 0 Å². The summed E-state index contributed by atoms with van der Waals surface area (Å²) in [7, 11) is 1.13. The maximum absolute atomic E-state index is 10.4. The molecule has 4 N–H and O–H groups in total. The highest BCUT2D eigenvalue weighted by Crippen LogP contribution is 1.91. The minimum atomic E-state index is -1.44. The molecule has 0 aromatic rings. The molecule has 0 rings (SSSR count). The molecule has 0 heterocycles. The smallest absolute Gasteiger partial charge is 0.336 e. The first-order chi connectivity index (χ1) is 4.63. The van der Waals surface area contributed by atoms with Crippen LogP contribution in [0.25, 0.3) is 0 Å². The van der Waals surface area contributed by atoms with Crippen LogP contribution in [-0.2, 0) is 9.53 Å². The second-order valence-corrected chi connectivity index (χ2v) is 1.81. The maximum Gasteiger partial charge on any atom is 0.336 e. The highest BCUT2D eigenvalue weighted by Gasteiger charge is 2.22. The summed E-state index contributed by atoms with van der Waals surface area (Å²) in [6, 6.07) is -0.965. The normalized spacial score (nSPS) is 16.0. The molecule has 2 atom stereocenters. The summed E-state index contributed by atoms with van der Waals surface area (Å²) in [6.07, 6.45) is -1.44. The molecule has 5 heteroatoms. The second kappa shape index (κ2) is 4.21. The quantitative estimate of drug-likeness (QED) is 0.397. The number of hydrogen-bond donors (Lipinski definition) is 3. The van der Waals surface area contributed by atoms with Crippen molar-refractivity contribution in [2.45, 2.75) is 12.1 Å². The minimum absolute atomic E-state index is 0.448. The van der Waals surface area contributed by atoms with Crippen LogP contribution in [0.3, 0.4) is 0 Å². The van der Waals surface area contributed by atoms with Gasteiger partial charge in [-0.05, 0) is 0 Å². The average Bonchev–Trinajstić information content (AvgIpc) is 2.00. The molecule has 0 bridgehead atoms. The molecule has 0 aliphatic heterocycles. The Kier molecular flexibility index (Phi) is 3.94. The number of ether oxygens (including phenoxy) is 1. The Balaban J connectivity index is 3.81. The van der Waals surface area contributed by atoms with E-state index in [1.807, 2.05) is 0 Å². The molecule has 0 amide bonds. The van der Waals surface area contributed by atoms with Gasteiger partial charge < -0.3 is 20.7 Å². The third kappa shape index (κ3) is 2.30. The van der Waals surface area contributed by atoms with E-state index in [-0.39, 0.29) is 0 Å². The average molecular weight is 149 g/mol. The summed E-state index contributed by atoms with van der Waals surface area (Å²) in [5, 5.41) is 17.2. The number of carbonyl (C=O) groups excluding carboxylic acids is 1. The van der Waals surface area contributed by atoms with Crippen molar-refractivity contribution in [3.63, 3.8) is 0 Å². The number of rotatable bonds is 3. The summed E-state index contributed by atoms with van der Waals surface area (Å²) < 4.78 is 4.15. The molecule has 0 radical (unpaired) electrons. The number of methoxy groups -OCH3 is 1. The first kappa shape index (κ1) is 9.35. The Morgan fingerprint density at radius 1 is 1.80 bits per heavy atom. The van der Waals surface area contributed by atoms with Crippen molar-refractivity contribution in [1.29, 1.82) is 0 Å². The molecule has 0 aromatic heterocycles. The van der Waals surface area contributed by atoms with Crippen molar-refractivity contribution in [1.82, 2.24) is 0 Å². The number of carbonyl (C=O) groups is 1. The highest BCUT2D eigenvalue weighted by molar-refractivity contribution is 5.75. The predicted molar refractivity (Wildman–Crippen MR) is 33.1 cm³/mol. The number of nitrogens with two attached hydrogens (primary N) is 1. The molecular weight excluding hydrogens is 138 g/mol. The highest BCUT2D eigenvalue weighted by atomic mass is 16.5. The van der Waals surface area contributed by atoms with Gasteiger partial charge in [-0.25, -0.2) is 4.79 Å². The van der Waals surface area contributed by atoms with E-state index < -0.39 is 24.7 Å². The third-order valence-electron chi connectivity index (χ3n) is 1.06. The van der Waals surface area contributed by atoms with Gasteiger partial charge in [0.05, 0.1) is 19.8 Å². The Bertz CT molecular complexity index is 116. The van der Waals surface area contributed by atoms with Crippen LogP contribution in [0.4, 0.5) is 0 Å². The Morgan fingerprint density at radius 2 is 2.30 bits per heavy atom. The molecule has 60 valence electrons. The van der Waals surface area contributed by atoms with E-state index in [2.05, 4.69) is 4.74 Å². The minimum Gasteiger partial charge on any atom is -0.467 e. The maximum atomic E-state index is 10.4. The van der Waals surface area contributed by atoms with Gasteiger partial charge in [0.25, 0.3) is 0 Å². The van der Waals surface area contributed by atoms with Gasteiger partial charge >= 0.3 is 5.97 Å². The number of aliphatic hydroxyl groups excluding tert-OH is 2. The fraction of sp³-hybridized carbons (Fsp3) is 0.800. The van der Waals surface area contributed by atoms with Gasteiger partial charge in [-0.1, -0.05) is 0 Å². The Labute approximate surface area is 58.4 Å². The van der Waals surface area contributed by atoms with Gasteiger partial charge in [0.2, 0.25) is 0 Å². The van der Waals surface area contributed by atoms with E-state index in [9.17, 15) is 4.79 Å². The monoisotopic (exact) mass is 149 g/mol. The van der Waals surface area contributed by atoms with Crippen LogP contribution in [0.1, 0.15) is 0 Å². The van der Waals surface area contributed by atoms with Crippen molar-refractivity contribution in [2.75, 3.05) is 13.7 Å². The predicted octanol–water partition coefficient (Wildman–Crippen LogP) is -2.16. The first-order valence-corrected chi connectivity index (χ1v) is 2.75. The zero-order valence-electron chi connectivity index (χ0n) is 5.65. The molecule has 0 aromatic carbocycles. The molecule has 0 spiro atoms. The largest absolute Gasteiger partial charge is 0.467 e. The molecular formula is C5H11NO4. The lowest BCUT2D eigenvalue weighted by Gasteiger charge is -2.12. The van der Waals surface area contributed by atoms with E-state index in [4.69, 9.17) is 15.9 Å². The van der Waals surface area contributed by atoms with Crippen LogP contribution < -0.4 is 5.73 Å². The molecule has 0 unspecified atom stereocenters. The van der Waals surface area contributed by atoms with Gasteiger partial charge in [-0.15, -0.1) is 0 Å². The molecule has 0 aliphatic carbocycles. The van der Waals surface area contributed by atoms with Crippen molar-refractivity contribution in [2.24, 2.45) is 5.73 Å². The van der Waals surface area contributed by atoms with Crippen molar-refractivity contribution in [3.05, 3.63) is 0 Å². The van der Waals surface area contributed by atoms with Gasteiger partial charge in [0.1, 0.15) is 0 Å². The summed E-state index contributed by atoms with van der Waals surface area (Å²) in [5.74, 6) is -0.832. The van der Waals surface area contributed by atoms with Crippen LogP contribution in [0.15, 0.2) is 0 Å². The fourth-order valence-electron chi connectivity index (χ4n) is 0.395. The zero-order chi connectivity index (χ0) is 8.15. The first-order valence-electron chi connectivity index (χ1n) is 2.75. The lowest BCUT2D eigenvalue weighted by atomic mass is 10.2. The number of aliphatic hydroxyl groups is 2. The summed E-state index contributed by atoms with van der Waals surface area (Å²) in [6.45, 7) is -0.448. The standard InChI is InChI=1S/C5H11NO4/c1-10-5(9)4(8)3(6)2-7/h3-4,7-8H,2,6H2,1H3/t3-,4+/m1/s1. The Morgan fingerprint density at radius 3 is 2.60 bits per heavy atom. The molecule has 0 fully saturated rings. The molecule has 0 saturated heterocycles. The van der Waals surface area contributed by atoms with Crippen LogP contribution >= 0.6 is 0 Å². The van der Waals surface area contributed by atoms with Crippen LogP contribution in [-0.4, -0.2) is 42.0 Å². The summed E-state index contributed by atoms with van der Waals surface area (Å²) in [5.41, 5.74) is 5.09. The van der Waals surface area contributed by atoms with Gasteiger partial charge in [0, 0.05) is 0 Å². The van der Waals surface area contributed by atoms with E-state index >= 15 is 0 Å². The molecule has 0 aliphatic rings. The second-order valence-electron chi connectivity index (χ2n) is 1.81. The third-order valence-corrected chi connectivity index (χ3v) is 1.06. The van der Waals surface area contributed by atoms with E-state index in [1.165, 1.54) is 0 Å². The summed E-state index contributed by atoms with van der Waals surface area (Å²) >= 11 is 0. The van der Waals surface area contributed by atoms with E-state index in [0.29, 0.717) is 0 Å². The lowest BCUT2D eigenvalue weighted by molar-refractivity contribution is -0.152. The zero-order valence-corrected chi connectivity index (χ0v) is 5.65. The van der Waals surface area contributed by atoms with Gasteiger partial charge in [0.15, 0.2) is 6.10 Å². The fourth-order valence-corrected chi connectivity index (χ4v) is 0.395. The van der Waals surface area contributed by atoms with Crippen LogP contribution in [0.2, 0.25) is 0 Å². The number of esters is 1. The lowest BCUT2D eigenvalue weighted by Crippen LogP contribution is -2.43. The van der Waals surface area contributed by atoms with E-state index in [1.54, 1.807) is 0 Å². The van der Waals surface area contributed by atoms with Crippen molar-refractivity contribution >= 4 is 5.97 Å².